The third-order valence-corrected chi connectivity index (χ3v) is 3.69. The number of carbonyl (C=O) groups excluding carboxylic acids is 1. The predicted molar refractivity (Wildman–Crippen MR) is 76.1 cm³/mol. The van der Waals surface area contributed by atoms with E-state index in [4.69, 9.17) is 0 Å². The zero-order valence-electron chi connectivity index (χ0n) is 11.6. The maximum Gasteiger partial charge on any atom is 0.238 e. The van der Waals surface area contributed by atoms with Crippen molar-refractivity contribution in [1.82, 2.24) is 5.32 Å². The van der Waals surface area contributed by atoms with Gasteiger partial charge in [-0.05, 0) is 24.6 Å². The normalized spacial score (nSPS) is 11.6. The smallest absolute Gasteiger partial charge is 0.238 e. The molecule has 0 unspecified atom stereocenters. The summed E-state index contributed by atoms with van der Waals surface area (Å²) >= 11 is 0. The van der Waals surface area contributed by atoms with Gasteiger partial charge < -0.3 is 10.6 Å². The highest BCUT2D eigenvalue weighted by Gasteiger charge is 2.11. The Labute approximate surface area is 114 Å². The lowest BCUT2D eigenvalue weighted by atomic mass is 10.2. The minimum absolute atomic E-state index is 0.192. The highest BCUT2D eigenvalue weighted by molar-refractivity contribution is 7.90. The number of benzene rings is 1. The van der Waals surface area contributed by atoms with Crippen molar-refractivity contribution in [2.45, 2.75) is 31.7 Å². The highest BCUT2D eigenvalue weighted by Crippen LogP contribution is 2.20. The molecule has 0 saturated heterocycles. The summed E-state index contributed by atoms with van der Waals surface area (Å²) in [6, 6.07) is 4.92. The summed E-state index contributed by atoms with van der Waals surface area (Å²) in [6.07, 6.45) is 1.14. The van der Waals surface area contributed by atoms with E-state index in [1.807, 2.05) is 20.8 Å². The molecule has 0 atom stereocenters. The van der Waals surface area contributed by atoms with E-state index in [0.717, 1.165) is 11.8 Å². The zero-order valence-corrected chi connectivity index (χ0v) is 12.5. The molecular formula is C13H20N2O3S. The molecule has 19 heavy (non-hydrogen) atoms. The summed E-state index contributed by atoms with van der Waals surface area (Å²) in [5, 5.41) is 5.71. The van der Waals surface area contributed by atoms with Crippen molar-refractivity contribution >= 4 is 21.4 Å². The van der Waals surface area contributed by atoms with Crippen LogP contribution >= 0.6 is 0 Å². The van der Waals surface area contributed by atoms with Crippen LogP contribution in [0.2, 0.25) is 0 Å². The van der Waals surface area contributed by atoms with E-state index >= 15 is 0 Å². The second-order valence-corrected chi connectivity index (χ2v) is 6.85. The topological polar surface area (TPSA) is 75.3 Å². The molecule has 0 radical (unpaired) electrons. The molecule has 0 heterocycles. The van der Waals surface area contributed by atoms with Gasteiger partial charge in [-0.3, -0.25) is 4.79 Å². The van der Waals surface area contributed by atoms with Crippen LogP contribution in [-0.2, 0) is 14.6 Å². The maximum atomic E-state index is 11.7. The number of sulfone groups is 1. The van der Waals surface area contributed by atoms with Crippen LogP contribution in [-0.4, -0.2) is 33.2 Å². The van der Waals surface area contributed by atoms with Crippen molar-refractivity contribution in [1.29, 1.82) is 0 Å². The van der Waals surface area contributed by atoms with Crippen LogP contribution in [0.1, 0.15) is 19.4 Å². The van der Waals surface area contributed by atoms with Crippen LogP contribution in [0.15, 0.2) is 23.1 Å². The fourth-order valence-corrected chi connectivity index (χ4v) is 2.10. The van der Waals surface area contributed by atoms with Gasteiger partial charge in [-0.25, -0.2) is 8.42 Å². The summed E-state index contributed by atoms with van der Waals surface area (Å²) in [4.78, 5) is 11.9. The Morgan fingerprint density at radius 2 is 1.95 bits per heavy atom. The van der Waals surface area contributed by atoms with Gasteiger partial charge in [0, 0.05) is 18.0 Å². The predicted octanol–water partition coefficient (Wildman–Crippen LogP) is 1.34. The number of aryl methyl sites for hydroxylation is 1. The minimum Gasteiger partial charge on any atom is -0.325 e. The Morgan fingerprint density at radius 3 is 2.47 bits per heavy atom. The van der Waals surface area contributed by atoms with Crippen molar-refractivity contribution in [3.8, 4) is 0 Å². The number of nitrogens with one attached hydrogen (secondary N) is 2. The Balaban J connectivity index is 2.86. The van der Waals surface area contributed by atoms with E-state index < -0.39 is 9.84 Å². The van der Waals surface area contributed by atoms with E-state index in [0.29, 0.717) is 5.69 Å². The fourth-order valence-electron chi connectivity index (χ4n) is 1.46. The van der Waals surface area contributed by atoms with Crippen molar-refractivity contribution in [3.63, 3.8) is 0 Å². The van der Waals surface area contributed by atoms with Crippen molar-refractivity contribution < 1.29 is 13.2 Å². The first-order chi connectivity index (χ1) is 8.70. The van der Waals surface area contributed by atoms with E-state index in [1.54, 1.807) is 6.07 Å². The second-order valence-electron chi connectivity index (χ2n) is 4.83. The van der Waals surface area contributed by atoms with Crippen LogP contribution in [0.3, 0.4) is 0 Å². The van der Waals surface area contributed by atoms with Crippen LogP contribution in [0.5, 0.6) is 0 Å². The molecule has 0 bridgehead atoms. The van der Waals surface area contributed by atoms with Gasteiger partial charge in [-0.2, -0.15) is 0 Å². The summed E-state index contributed by atoms with van der Waals surface area (Å²) in [6.45, 7) is 5.91. The Bertz CT molecular complexity index is 565. The highest BCUT2D eigenvalue weighted by atomic mass is 32.2. The maximum absolute atomic E-state index is 11.7. The van der Waals surface area contributed by atoms with Crippen LogP contribution in [0.4, 0.5) is 5.69 Å². The number of rotatable bonds is 5. The third-order valence-electron chi connectivity index (χ3n) is 2.58. The molecular weight excluding hydrogens is 264 g/mol. The quantitative estimate of drug-likeness (QED) is 0.855. The molecule has 0 saturated carbocycles. The molecule has 0 spiro atoms. The SMILES string of the molecule is Cc1ccc(S(C)(=O)=O)cc1NC(=O)CNC(C)C. The van der Waals surface area contributed by atoms with Crippen LogP contribution in [0.25, 0.3) is 0 Å². The molecule has 1 aromatic carbocycles. The van der Waals surface area contributed by atoms with Gasteiger partial charge >= 0.3 is 0 Å². The fraction of sp³-hybridized carbons (Fsp3) is 0.462. The number of hydrogen-bond donors (Lipinski definition) is 2. The number of carbonyl (C=O) groups is 1. The molecule has 2 N–H and O–H groups in total. The molecule has 0 aliphatic rings. The molecule has 1 rings (SSSR count). The molecule has 6 heteroatoms. The van der Waals surface area contributed by atoms with Crippen molar-refractivity contribution in [3.05, 3.63) is 23.8 Å². The van der Waals surface area contributed by atoms with Gasteiger partial charge in [-0.1, -0.05) is 19.9 Å². The number of hydrogen-bond acceptors (Lipinski definition) is 4. The lowest BCUT2D eigenvalue weighted by molar-refractivity contribution is -0.115. The standard InChI is InChI=1S/C13H20N2O3S/c1-9(2)14-8-13(16)15-12-7-11(19(4,17)18)6-5-10(12)3/h5-7,9,14H,8H2,1-4H3,(H,15,16). The summed E-state index contributed by atoms with van der Waals surface area (Å²) < 4.78 is 22.9. The van der Waals surface area contributed by atoms with Gasteiger partial charge in [0.25, 0.3) is 0 Å². The second kappa shape index (κ2) is 6.16. The average Bonchev–Trinajstić information content (AvgIpc) is 2.28. The van der Waals surface area contributed by atoms with Gasteiger partial charge in [0.2, 0.25) is 5.91 Å². The van der Waals surface area contributed by atoms with Gasteiger partial charge in [0.1, 0.15) is 0 Å². The van der Waals surface area contributed by atoms with Gasteiger partial charge in [0.15, 0.2) is 9.84 Å². The first kappa shape index (κ1) is 15.7. The molecule has 5 nitrogen and oxygen atoms in total. The monoisotopic (exact) mass is 284 g/mol. The number of amides is 1. The Morgan fingerprint density at radius 1 is 1.32 bits per heavy atom. The van der Waals surface area contributed by atoms with E-state index in [-0.39, 0.29) is 23.4 Å². The largest absolute Gasteiger partial charge is 0.325 e. The lowest BCUT2D eigenvalue weighted by Gasteiger charge is -2.11. The molecule has 0 aromatic heterocycles. The molecule has 1 aromatic rings. The van der Waals surface area contributed by atoms with Crippen molar-refractivity contribution in [2.75, 3.05) is 18.1 Å². The Kier molecular flexibility index (Phi) is 5.08. The zero-order chi connectivity index (χ0) is 14.6. The van der Waals surface area contributed by atoms with Gasteiger partial charge in [-0.15, -0.1) is 0 Å². The summed E-state index contributed by atoms with van der Waals surface area (Å²) in [5.74, 6) is -0.192. The lowest BCUT2D eigenvalue weighted by Crippen LogP contribution is -2.32. The van der Waals surface area contributed by atoms with Crippen LogP contribution in [0, 0.1) is 6.92 Å². The summed E-state index contributed by atoms with van der Waals surface area (Å²) in [5.41, 5.74) is 1.35. The first-order valence-electron chi connectivity index (χ1n) is 6.04. The minimum atomic E-state index is -3.27. The summed E-state index contributed by atoms with van der Waals surface area (Å²) in [7, 11) is -3.27. The number of anilines is 1. The Hall–Kier alpha value is -1.40. The molecule has 106 valence electrons. The van der Waals surface area contributed by atoms with Crippen LogP contribution < -0.4 is 10.6 Å². The molecule has 0 aliphatic heterocycles. The first-order valence-corrected chi connectivity index (χ1v) is 7.93. The van der Waals surface area contributed by atoms with E-state index in [9.17, 15) is 13.2 Å². The molecule has 0 fully saturated rings. The van der Waals surface area contributed by atoms with Gasteiger partial charge in [0.05, 0.1) is 11.4 Å². The third kappa shape index (κ3) is 5.00. The van der Waals surface area contributed by atoms with E-state index in [2.05, 4.69) is 10.6 Å². The molecule has 1 amide bonds. The van der Waals surface area contributed by atoms with Crippen molar-refractivity contribution in [2.24, 2.45) is 0 Å². The molecule has 0 aliphatic carbocycles. The average molecular weight is 284 g/mol. The van der Waals surface area contributed by atoms with E-state index in [1.165, 1.54) is 12.1 Å².